The Labute approximate surface area is 165 Å². The number of ether oxygens (including phenoxy) is 1. The van der Waals surface area contributed by atoms with E-state index in [9.17, 15) is 14.0 Å². The number of urea groups is 1. The molecular formula is C20H30FN3O4. The van der Waals surface area contributed by atoms with Gasteiger partial charge in [-0.25, -0.2) is 9.18 Å². The average molecular weight is 395 g/mol. The van der Waals surface area contributed by atoms with Crippen LogP contribution in [0.3, 0.4) is 0 Å². The SMILES string of the molecule is CN(CC(=O)O)CC1CN(C(=O)NCCCCCc2ccc(F)cc2)CCO1. The molecule has 2 rings (SSSR count). The van der Waals surface area contributed by atoms with Crippen molar-refractivity contribution in [2.24, 2.45) is 0 Å². The van der Waals surface area contributed by atoms with E-state index < -0.39 is 5.97 Å². The summed E-state index contributed by atoms with van der Waals surface area (Å²) in [6.45, 7) is 2.49. The number of morpholine rings is 1. The first-order valence-corrected chi connectivity index (χ1v) is 9.73. The van der Waals surface area contributed by atoms with Gasteiger partial charge in [-0.05, 0) is 44.0 Å². The monoisotopic (exact) mass is 395 g/mol. The van der Waals surface area contributed by atoms with Gasteiger partial charge in [-0.3, -0.25) is 9.69 Å². The molecule has 1 fully saturated rings. The van der Waals surface area contributed by atoms with E-state index in [4.69, 9.17) is 9.84 Å². The fraction of sp³-hybridized carbons (Fsp3) is 0.600. The molecule has 1 heterocycles. The van der Waals surface area contributed by atoms with Crippen molar-refractivity contribution in [1.82, 2.24) is 15.1 Å². The summed E-state index contributed by atoms with van der Waals surface area (Å²) in [6.07, 6.45) is 3.60. The normalized spacial score (nSPS) is 17.0. The predicted octanol–water partition coefficient (Wildman–Crippen LogP) is 1.97. The molecule has 0 saturated carbocycles. The molecule has 2 amide bonds. The van der Waals surface area contributed by atoms with Crippen LogP contribution in [0.5, 0.6) is 0 Å². The molecule has 1 aliphatic heterocycles. The van der Waals surface area contributed by atoms with Gasteiger partial charge in [0.25, 0.3) is 0 Å². The van der Waals surface area contributed by atoms with Gasteiger partial charge in [-0.15, -0.1) is 0 Å². The fourth-order valence-electron chi connectivity index (χ4n) is 3.25. The number of carbonyl (C=O) groups is 2. The molecule has 0 bridgehead atoms. The largest absolute Gasteiger partial charge is 0.480 e. The Morgan fingerprint density at radius 3 is 2.75 bits per heavy atom. The Balaban J connectivity index is 1.59. The molecule has 1 aliphatic rings. The van der Waals surface area contributed by atoms with Crippen molar-refractivity contribution in [2.45, 2.75) is 31.8 Å². The zero-order valence-corrected chi connectivity index (χ0v) is 16.4. The van der Waals surface area contributed by atoms with E-state index in [1.807, 2.05) is 0 Å². The highest BCUT2D eigenvalue weighted by Gasteiger charge is 2.25. The molecule has 28 heavy (non-hydrogen) atoms. The van der Waals surface area contributed by atoms with Crippen LogP contribution in [0.4, 0.5) is 9.18 Å². The standard InChI is InChI=1S/C20H30FN3O4/c1-23(15-19(25)26)13-18-14-24(11-12-28-18)20(27)22-10-4-2-3-5-16-6-8-17(21)9-7-16/h6-9,18H,2-5,10-15H2,1H3,(H,22,27)(H,25,26). The minimum Gasteiger partial charge on any atom is -0.480 e. The number of carbonyl (C=O) groups excluding carboxylic acids is 1. The fourth-order valence-corrected chi connectivity index (χ4v) is 3.25. The minimum absolute atomic E-state index is 0.0516. The third-order valence-corrected chi connectivity index (χ3v) is 4.68. The second-order valence-electron chi connectivity index (χ2n) is 7.20. The summed E-state index contributed by atoms with van der Waals surface area (Å²) in [4.78, 5) is 26.4. The zero-order chi connectivity index (χ0) is 20.4. The molecule has 0 aliphatic carbocycles. The smallest absolute Gasteiger partial charge is 0.317 e. The van der Waals surface area contributed by atoms with Crippen LogP contribution in [0, 0.1) is 5.82 Å². The van der Waals surface area contributed by atoms with E-state index in [0.717, 1.165) is 31.2 Å². The summed E-state index contributed by atoms with van der Waals surface area (Å²) in [5.41, 5.74) is 1.12. The van der Waals surface area contributed by atoms with Crippen LogP contribution in [0.1, 0.15) is 24.8 Å². The summed E-state index contributed by atoms with van der Waals surface area (Å²) in [5, 5.41) is 11.8. The van der Waals surface area contributed by atoms with E-state index in [0.29, 0.717) is 32.8 Å². The maximum absolute atomic E-state index is 12.9. The van der Waals surface area contributed by atoms with Crippen molar-refractivity contribution in [3.05, 3.63) is 35.6 Å². The summed E-state index contributed by atoms with van der Waals surface area (Å²) in [7, 11) is 1.72. The first kappa shape index (κ1) is 22.1. The van der Waals surface area contributed by atoms with Gasteiger partial charge < -0.3 is 20.1 Å². The molecule has 1 unspecified atom stereocenters. The molecule has 0 spiro atoms. The number of unbranched alkanes of at least 4 members (excludes halogenated alkanes) is 2. The van der Waals surface area contributed by atoms with Crippen LogP contribution >= 0.6 is 0 Å². The maximum Gasteiger partial charge on any atom is 0.317 e. The van der Waals surface area contributed by atoms with Gasteiger partial charge >= 0.3 is 12.0 Å². The number of hydrogen-bond donors (Lipinski definition) is 2. The molecule has 0 radical (unpaired) electrons. The van der Waals surface area contributed by atoms with Crippen molar-refractivity contribution in [3.63, 3.8) is 0 Å². The van der Waals surface area contributed by atoms with E-state index >= 15 is 0 Å². The lowest BCUT2D eigenvalue weighted by Gasteiger charge is -2.34. The number of likely N-dealkylation sites (N-methyl/N-ethyl adjacent to an activating group) is 1. The highest BCUT2D eigenvalue weighted by molar-refractivity contribution is 5.74. The highest BCUT2D eigenvalue weighted by atomic mass is 19.1. The Hall–Kier alpha value is -2.19. The Bertz CT molecular complexity index is 626. The lowest BCUT2D eigenvalue weighted by Crippen LogP contribution is -2.52. The average Bonchev–Trinajstić information content (AvgIpc) is 2.65. The Morgan fingerprint density at radius 2 is 2.04 bits per heavy atom. The number of carboxylic acid groups (broad SMARTS) is 1. The van der Waals surface area contributed by atoms with Crippen LogP contribution in [-0.2, 0) is 16.0 Å². The number of nitrogens with one attached hydrogen (secondary N) is 1. The van der Waals surface area contributed by atoms with E-state index in [1.165, 1.54) is 12.1 Å². The topological polar surface area (TPSA) is 82.1 Å². The van der Waals surface area contributed by atoms with Crippen molar-refractivity contribution < 1.29 is 23.8 Å². The van der Waals surface area contributed by atoms with Crippen molar-refractivity contribution in [2.75, 3.05) is 46.4 Å². The maximum atomic E-state index is 12.9. The zero-order valence-electron chi connectivity index (χ0n) is 16.4. The third-order valence-electron chi connectivity index (χ3n) is 4.68. The van der Waals surface area contributed by atoms with Crippen molar-refractivity contribution >= 4 is 12.0 Å². The number of aliphatic carboxylic acids is 1. The molecule has 8 heteroatoms. The molecule has 0 aromatic heterocycles. The molecule has 1 aromatic carbocycles. The Morgan fingerprint density at radius 1 is 1.29 bits per heavy atom. The van der Waals surface area contributed by atoms with Gasteiger partial charge in [0.2, 0.25) is 0 Å². The lowest BCUT2D eigenvalue weighted by atomic mass is 10.1. The number of carboxylic acids is 1. The summed E-state index contributed by atoms with van der Waals surface area (Å²) >= 11 is 0. The second kappa shape index (κ2) is 11.6. The van der Waals surface area contributed by atoms with Crippen LogP contribution in [0.15, 0.2) is 24.3 Å². The minimum atomic E-state index is -0.882. The van der Waals surface area contributed by atoms with Gasteiger partial charge in [0.15, 0.2) is 0 Å². The van der Waals surface area contributed by atoms with Gasteiger partial charge in [-0.1, -0.05) is 18.6 Å². The number of halogens is 1. The van der Waals surface area contributed by atoms with E-state index in [-0.39, 0.29) is 24.5 Å². The molecule has 156 valence electrons. The van der Waals surface area contributed by atoms with Crippen LogP contribution in [0.25, 0.3) is 0 Å². The predicted molar refractivity (Wildman–Crippen MR) is 104 cm³/mol. The van der Waals surface area contributed by atoms with Crippen LogP contribution in [0.2, 0.25) is 0 Å². The number of rotatable bonds is 10. The molecule has 7 nitrogen and oxygen atoms in total. The van der Waals surface area contributed by atoms with E-state index in [2.05, 4.69) is 5.32 Å². The first-order chi connectivity index (χ1) is 13.4. The summed E-state index contributed by atoms with van der Waals surface area (Å²) in [5.74, 6) is -1.10. The molecule has 1 saturated heterocycles. The van der Waals surface area contributed by atoms with Gasteiger partial charge in [0, 0.05) is 26.2 Å². The third kappa shape index (κ3) is 8.22. The summed E-state index contributed by atoms with van der Waals surface area (Å²) in [6, 6.07) is 6.46. The Kier molecular flexibility index (Phi) is 9.16. The molecule has 1 aromatic rings. The highest BCUT2D eigenvalue weighted by Crippen LogP contribution is 2.09. The van der Waals surface area contributed by atoms with Gasteiger partial charge in [0.05, 0.1) is 19.3 Å². The van der Waals surface area contributed by atoms with E-state index in [1.54, 1.807) is 29.0 Å². The van der Waals surface area contributed by atoms with Gasteiger partial charge in [0.1, 0.15) is 5.82 Å². The number of hydrogen-bond acceptors (Lipinski definition) is 4. The first-order valence-electron chi connectivity index (χ1n) is 9.73. The van der Waals surface area contributed by atoms with Crippen LogP contribution < -0.4 is 5.32 Å². The lowest BCUT2D eigenvalue weighted by molar-refractivity contribution is -0.138. The quantitative estimate of drug-likeness (QED) is 0.592. The molecular weight excluding hydrogens is 365 g/mol. The number of aryl methyl sites for hydroxylation is 1. The number of benzene rings is 1. The van der Waals surface area contributed by atoms with Crippen molar-refractivity contribution in [3.8, 4) is 0 Å². The van der Waals surface area contributed by atoms with Gasteiger partial charge in [-0.2, -0.15) is 0 Å². The second-order valence-corrected chi connectivity index (χ2v) is 7.20. The van der Waals surface area contributed by atoms with Crippen molar-refractivity contribution in [1.29, 1.82) is 0 Å². The summed E-state index contributed by atoms with van der Waals surface area (Å²) < 4.78 is 18.5. The van der Waals surface area contributed by atoms with Crippen LogP contribution in [-0.4, -0.2) is 79.4 Å². The molecule has 1 atom stereocenters. The number of amides is 2. The number of nitrogens with zero attached hydrogens (tertiary/aromatic N) is 2. The molecule has 2 N–H and O–H groups in total.